The summed E-state index contributed by atoms with van der Waals surface area (Å²) in [6.45, 7) is 12.7. The van der Waals surface area contributed by atoms with Crippen molar-refractivity contribution in [3.8, 4) is 0 Å². The van der Waals surface area contributed by atoms with Crippen molar-refractivity contribution < 1.29 is 0 Å². The molecule has 114 valence electrons. The molecular formula is C18H27N3. The third-order valence-electron chi connectivity index (χ3n) is 3.63. The summed E-state index contributed by atoms with van der Waals surface area (Å²) in [7, 11) is 0. The van der Waals surface area contributed by atoms with Crippen LogP contribution in [-0.4, -0.2) is 9.78 Å². The van der Waals surface area contributed by atoms with E-state index in [1.54, 1.807) is 0 Å². The molecule has 1 aromatic carbocycles. The largest absolute Gasteiger partial charge is 0.309 e. The fraction of sp³-hybridized carbons (Fsp3) is 0.500. The van der Waals surface area contributed by atoms with E-state index in [9.17, 15) is 0 Å². The Labute approximate surface area is 128 Å². The number of aromatic nitrogens is 2. The number of nitrogens with one attached hydrogen (secondary N) is 1. The summed E-state index contributed by atoms with van der Waals surface area (Å²) < 4.78 is 2.02. The second-order valence-electron chi connectivity index (χ2n) is 6.96. The molecule has 0 radical (unpaired) electrons. The van der Waals surface area contributed by atoms with Crippen LogP contribution in [0.4, 0.5) is 0 Å². The topological polar surface area (TPSA) is 29.9 Å². The molecule has 2 aromatic rings. The average Bonchev–Trinajstić information content (AvgIpc) is 2.88. The molecule has 21 heavy (non-hydrogen) atoms. The van der Waals surface area contributed by atoms with Crippen molar-refractivity contribution in [3.63, 3.8) is 0 Å². The molecule has 0 unspecified atom stereocenters. The monoisotopic (exact) mass is 285 g/mol. The second-order valence-corrected chi connectivity index (χ2v) is 6.96. The standard InChI is InChI=1S/C18H27N3/c1-14(2)17-8-6-15(7-9-17)10-19-11-16-12-20-21(13-16)18(3,4)5/h6-9,12-14,19H,10-11H2,1-5H3. The first kappa shape index (κ1) is 15.8. The lowest BCUT2D eigenvalue weighted by Crippen LogP contribution is -2.22. The first-order chi connectivity index (χ1) is 9.86. The molecule has 0 saturated heterocycles. The molecule has 1 heterocycles. The molecular weight excluding hydrogens is 258 g/mol. The maximum Gasteiger partial charge on any atom is 0.0543 e. The molecule has 0 spiro atoms. The second kappa shape index (κ2) is 6.44. The summed E-state index contributed by atoms with van der Waals surface area (Å²) in [4.78, 5) is 0. The maximum atomic E-state index is 4.42. The van der Waals surface area contributed by atoms with Crippen LogP contribution in [0.3, 0.4) is 0 Å². The molecule has 0 bridgehead atoms. The van der Waals surface area contributed by atoms with E-state index in [2.05, 4.69) is 75.5 Å². The number of nitrogens with zero attached hydrogens (tertiary/aromatic N) is 2. The van der Waals surface area contributed by atoms with Crippen LogP contribution in [0, 0.1) is 0 Å². The minimum absolute atomic E-state index is 0.0466. The summed E-state index contributed by atoms with van der Waals surface area (Å²) >= 11 is 0. The zero-order chi connectivity index (χ0) is 15.5. The van der Waals surface area contributed by atoms with Crippen molar-refractivity contribution in [2.75, 3.05) is 0 Å². The molecule has 0 aliphatic heterocycles. The van der Waals surface area contributed by atoms with Gasteiger partial charge < -0.3 is 5.32 Å². The van der Waals surface area contributed by atoms with Crippen LogP contribution in [0.1, 0.15) is 57.2 Å². The van der Waals surface area contributed by atoms with E-state index in [-0.39, 0.29) is 5.54 Å². The van der Waals surface area contributed by atoms with Gasteiger partial charge in [-0.1, -0.05) is 38.1 Å². The SMILES string of the molecule is CC(C)c1ccc(CNCc2cnn(C(C)(C)C)c2)cc1. The molecule has 0 saturated carbocycles. The lowest BCUT2D eigenvalue weighted by molar-refractivity contribution is 0.355. The Hall–Kier alpha value is -1.61. The highest BCUT2D eigenvalue weighted by Gasteiger charge is 2.13. The van der Waals surface area contributed by atoms with Gasteiger partial charge in [0.05, 0.1) is 11.7 Å². The molecule has 0 atom stereocenters. The molecule has 1 aromatic heterocycles. The highest BCUT2D eigenvalue weighted by Crippen LogP contribution is 2.15. The zero-order valence-electron chi connectivity index (χ0n) is 13.9. The number of hydrogen-bond donors (Lipinski definition) is 1. The van der Waals surface area contributed by atoms with E-state index >= 15 is 0 Å². The first-order valence-corrected chi connectivity index (χ1v) is 7.70. The molecule has 2 rings (SSSR count). The third-order valence-corrected chi connectivity index (χ3v) is 3.63. The number of benzene rings is 1. The molecule has 0 amide bonds. The van der Waals surface area contributed by atoms with Gasteiger partial charge in [0.2, 0.25) is 0 Å². The van der Waals surface area contributed by atoms with Gasteiger partial charge in [0, 0.05) is 24.8 Å². The van der Waals surface area contributed by atoms with E-state index in [0.717, 1.165) is 13.1 Å². The van der Waals surface area contributed by atoms with E-state index in [4.69, 9.17) is 0 Å². The van der Waals surface area contributed by atoms with Gasteiger partial charge in [0.25, 0.3) is 0 Å². The third kappa shape index (κ3) is 4.43. The molecule has 0 fully saturated rings. The Morgan fingerprint density at radius 3 is 2.19 bits per heavy atom. The van der Waals surface area contributed by atoms with Gasteiger partial charge in [-0.05, 0) is 37.8 Å². The molecule has 0 aliphatic carbocycles. The normalized spacial score (nSPS) is 12.1. The van der Waals surface area contributed by atoms with Crippen LogP contribution in [0.5, 0.6) is 0 Å². The summed E-state index contributed by atoms with van der Waals surface area (Å²) in [5.74, 6) is 0.593. The Kier molecular flexibility index (Phi) is 4.84. The van der Waals surface area contributed by atoms with Gasteiger partial charge in [-0.25, -0.2) is 0 Å². The van der Waals surface area contributed by atoms with Crippen molar-refractivity contribution >= 4 is 0 Å². The molecule has 0 aliphatic rings. The lowest BCUT2D eigenvalue weighted by Gasteiger charge is -2.18. The first-order valence-electron chi connectivity index (χ1n) is 7.70. The van der Waals surface area contributed by atoms with Gasteiger partial charge in [-0.2, -0.15) is 5.10 Å². The molecule has 3 nitrogen and oxygen atoms in total. The van der Waals surface area contributed by atoms with Gasteiger partial charge in [-0.3, -0.25) is 4.68 Å². The molecule has 1 N–H and O–H groups in total. The van der Waals surface area contributed by atoms with E-state index in [0.29, 0.717) is 5.92 Å². The van der Waals surface area contributed by atoms with Crippen molar-refractivity contribution in [3.05, 3.63) is 53.3 Å². The minimum Gasteiger partial charge on any atom is -0.309 e. The van der Waals surface area contributed by atoms with Crippen LogP contribution < -0.4 is 5.32 Å². The summed E-state index contributed by atoms with van der Waals surface area (Å²) in [6, 6.07) is 8.86. The molecule has 3 heteroatoms. The quantitative estimate of drug-likeness (QED) is 0.898. The van der Waals surface area contributed by atoms with Gasteiger partial charge in [0.15, 0.2) is 0 Å². The van der Waals surface area contributed by atoms with E-state index in [1.165, 1.54) is 16.7 Å². The predicted molar refractivity (Wildman–Crippen MR) is 88.3 cm³/mol. The fourth-order valence-electron chi connectivity index (χ4n) is 2.19. The predicted octanol–water partition coefficient (Wildman–Crippen LogP) is 4.05. The van der Waals surface area contributed by atoms with Crippen LogP contribution in [0.25, 0.3) is 0 Å². The maximum absolute atomic E-state index is 4.42. The Balaban J connectivity index is 1.85. The van der Waals surface area contributed by atoms with Crippen LogP contribution in [-0.2, 0) is 18.6 Å². The van der Waals surface area contributed by atoms with Crippen molar-refractivity contribution in [1.82, 2.24) is 15.1 Å². The van der Waals surface area contributed by atoms with Gasteiger partial charge in [0.1, 0.15) is 0 Å². The smallest absolute Gasteiger partial charge is 0.0543 e. The van der Waals surface area contributed by atoms with Crippen molar-refractivity contribution in [2.45, 2.75) is 59.2 Å². The summed E-state index contributed by atoms with van der Waals surface area (Å²) in [5, 5.41) is 7.90. The van der Waals surface area contributed by atoms with Crippen molar-refractivity contribution in [2.24, 2.45) is 0 Å². The highest BCUT2D eigenvalue weighted by atomic mass is 15.3. The number of hydrogen-bond acceptors (Lipinski definition) is 2. The van der Waals surface area contributed by atoms with Crippen molar-refractivity contribution in [1.29, 1.82) is 0 Å². The Bertz CT molecular complexity index is 559. The van der Waals surface area contributed by atoms with Gasteiger partial charge in [-0.15, -0.1) is 0 Å². The minimum atomic E-state index is 0.0466. The lowest BCUT2D eigenvalue weighted by atomic mass is 10.0. The van der Waals surface area contributed by atoms with E-state index in [1.807, 2.05) is 10.9 Å². The van der Waals surface area contributed by atoms with Crippen LogP contribution in [0.2, 0.25) is 0 Å². The summed E-state index contributed by atoms with van der Waals surface area (Å²) in [6.07, 6.45) is 4.06. The Morgan fingerprint density at radius 1 is 1.05 bits per heavy atom. The average molecular weight is 285 g/mol. The highest BCUT2D eigenvalue weighted by molar-refractivity contribution is 5.24. The van der Waals surface area contributed by atoms with Gasteiger partial charge >= 0.3 is 0 Å². The van der Waals surface area contributed by atoms with Crippen LogP contribution >= 0.6 is 0 Å². The van der Waals surface area contributed by atoms with E-state index < -0.39 is 0 Å². The van der Waals surface area contributed by atoms with Crippen LogP contribution in [0.15, 0.2) is 36.7 Å². The summed E-state index contributed by atoms with van der Waals surface area (Å²) in [5.41, 5.74) is 3.99. The zero-order valence-corrected chi connectivity index (χ0v) is 13.9. The number of rotatable bonds is 5. The Morgan fingerprint density at radius 2 is 1.67 bits per heavy atom. The fourth-order valence-corrected chi connectivity index (χ4v) is 2.19.